The summed E-state index contributed by atoms with van der Waals surface area (Å²) < 4.78 is 28.2. The molecule has 94 valence electrons. The molecule has 0 saturated carbocycles. The van der Waals surface area contributed by atoms with E-state index in [1.807, 2.05) is 13.8 Å². The highest BCUT2D eigenvalue weighted by molar-refractivity contribution is 7.89. The number of halogens is 1. The second-order valence-corrected chi connectivity index (χ2v) is 6.92. The van der Waals surface area contributed by atoms with Gasteiger partial charge in [0.05, 0.1) is 0 Å². The molecule has 0 unspecified atom stereocenters. The Bertz CT molecular complexity index is 630. The molecule has 0 atom stereocenters. The molecule has 2 rings (SSSR count). The zero-order valence-electron chi connectivity index (χ0n) is 9.34. The first-order valence-electron chi connectivity index (χ1n) is 5.02. The van der Waals surface area contributed by atoms with Crippen LogP contribution in [0.2, 0.25) is 5.15 Å². The van der Waals surface area contributed by atoms with Crippen molar-refractivity contribution in [2.45, 2.75) is 18.9 Å². The summed E-state index contributed by atoms with van der Waals surface area (Å²) in [7, 11) is -3.61. The molecular formula is C9H12ClN3O2S2. The van der Waals surface area contributed by atoms with Crippen molar-refractivity contribution < 1.29 is 8.42 Å². The predicted octanol–water partition coefficient (Wildman–Crippen LogP) is 1.98. The van der Waals surface area contributed by atoms with E-state index >= 15 is 0 Å². The molecule has 0 aliphatic rings. The molecular weight excluding hydrogens is 282 g/mol. The van der Waals surface area contributed by atoms with E-state index in [1.54, 1.807) is 11.6 Å². The van der Waals surface area contributed by atoms with Crippen LogP contribution in [0.3, 0.4) is 0 Å². The number of aromatic nitrogens is 2. The summed E-state index contributed by atoms with van der Waals surface area (Å²) in [5.41, 5.74) is 0. The first-order chi connectivity index (χ1) is 7.92. The van der Waals surface area contributed by atoms with Crippen LogP contribution in [0.25, 0.3) is 4.96 Å². The Labute approximate surface area is 108 Å². The van der Waals surface area contributed by atoms with Gasteiger partial charge < -0.3 is 0 Å². The highest BCUT2D eigenvalue weighted by Gasteiger charge is 2.24. The van der Waals surface area contributed by atoms with Crippen LogP contribution in [0.1, 0.15) is 13.8 Å². The van der Waals surface area contributed by atoms with Gasteiger partial charge in [0.2, 0.25) is 0 Å². The Morgan fingerprint density at radius 3 is 2.94 bits per heavy atom. The van der Waals surface area contributed by atoms with Gasteiger partial charge in [-0.25, -0.2) is 18.1 Å². The van der Waals surface area contributed by atoms with Gasteiger partial charge in [0.25, 0.3) is 10.0 Å². The van der Waals surface area contributed by atoms with E-state index in [0.29, 0.717) is 11.5 Å². The van der Waals surface area contributed by atoms with Crippen LogP contribution in [0.15, 0.2) is 16.6 Å². The molecule has 2 heterocycles. The summed E-state index contributed by atoms with van der Waals surface area (Å²) in [6, 6.07) is 0. The SMILES string of the molecule is CC(C)CNS(=O)(=O)c1c(Cl)nc2sccn12. The quantitative estimate of drug-likeness (QED) is 0.937. The number of nitrogens with one attached hydrogen (secondary N) is 1. The zero-order valence-corrected chi connectivity index (χ0v) is 11.7. The molecule has 0 spiro atoms. The van der Waals surface area contributed by atoms with Crippen LogP contribution in [0.5, 0.6) is 0 Å². The van der Waals surface area contributed by atoms with Crippen molar-refractivity contribution in [1.29, 1.82) is 0 Å². The highest BCUT2D eigenvalue weighted by Crippen LogP contribution is 2.25. The van der Waals surface area contributed by atoms with Gasteiger partial charge in [-0.05, 0) is 5.92 Å². The summed E-state index contributed by atoms with van der Waals surface area (Å²) in [6.07, 6.45) is 1.64. The van der Waals surface area contributed by atoms with Gasteiger partial charge in [0.1, 0.15) is 0 Å². The maximum atomic E-state index is 12.1. The lowest BCUT2D eigenvalue weighted by molar-refractivity contribution is 0.556. The lowest BCUT2D eigenvalue weighted by Crippen LogP contribution is -2.28. The predicted molar refractivity (Wildman–Crippen MR) is 68.1 cm³/mol. The number of fused-ring (bicyclic) bond motifs is 1. The van der Waals surface area contributed by atoms with Gasteiger partial charge in [-0.2, -0.15) is 0 Å². The summed E-state index contributed by atoms with van der Waals surface area (Å²) in [6.45, 7) is 4.23. The summed E-state index contributed by atoms with van der Waals surface area (Å²) in [5.74, 6) is 0.231. The first kappa shape index (κ1) is 12.8. The van der Waals surface area contributed by atoms with E-state index in [1.165, 1.54) is 15.7 Å². The standard InChI is InChI=1S/C9H12ClN3O2S2/c1-6(2)5-11-17(14,15)8-7(10)12-9-13(8)3-4-16-9/h3-4,6,11H,5H2,1-2H3. The molecule has 17 heavy (non-hydrogen) atoms. The molecule has 0 radical (unpaired) electrons. The van der Waals surface area contributed by atoms with E-state index in [4.69, 9.17) is 11.6 Å². The van der Waals surface area contributed by atoms with Crippen molar-refractivity contribution in [1.82, 2.24) is 14.1 Å². The number of nitrogens with zero attached hydrogens (tertiary/aromatic N) is 2. The van der Waals surface area contributed by atoms with Crippen LogP contribution < -0.4 is 4.72 Å². The third-order valence-corrected chi connectivity index (χ3v) is 4.69. The minimum Gasteiger partial charge on any atom is -0.279 e. The molecule has 2 aromatic rings. The topological polar surface area (TPSA) is 63.5 Å². The van der Waals surface area contributed by atoms with Crippen LogP contribution in [0, 0.1) is 5.92 Å². The molecule has 0 aliphatic carbocycles. The minimum absolute atomic E-state index is 0.00751. The average molecular weight is 294 g/mol. The Morgan fingerprint density at radius 2 is 2.29 bits per heavy atom. The number of hydrogen-bond acceptors (Lipinski definition) is 4. The Hall–Kier alpha value is -0.630. The summed E-state index contributed by atoms with van der Waals surface area (Å²) in [4.78, 5) is 4.56. The van der Waals surface area contributed by atoms with E-state index in [0.717, 1.165) is 0 Å². The maximum absolute atomic E-state index is 12.1. The van der Waals surface area contributed by atoms with Crippen molar-refractivity contribution in [2.75, 3.05) is 6.54 Å². The van der Waals surface area contributed by atoms with E-state index in [-0.39, 0.29) is 16.1 Å². The van der Waals surface area contributed by atoms with Crippen LogP contribution in [0.4, 0.5) is 0 Å². The van der Waals surface area contributed by atoms with Gasteiger partial charge in [-0.3, -0.25) is 4.40 Å². The molecule has 0 fully saturated rings. The second-order valence-electron chi connectivity index (χ2n) is 4.01. The molecule has 0 aromatic carbocycles. The zero-order chi connectivity index (χ0) is 12.6. The fraction of sp³-hybridized carbons (Fsp3) is 0.444. The van der Waals surface area contributed by atoms with E-state index in [9.17, 15) is 8.42 Å². The highest BCUT2D eigenvalue weighted by atomic mass is 35.5. The molecule has 0 aliphatic heterocycles. The molecule has 1 N–H and O–H groups in total. The minimum atomic E-state index is -3.61. The number of sulfonamides is 1. The molecule has 2 aromatic heterocycles. The van der Waals surface area contributed by atoms with Crippen LogP contribution >= 0.6 is 22.9 Å². The van der Waals surface area contributed by atoms with Crippen LogP contribution in [-0.4, -0.2) is 24.3 Å². The monoisotopic (exact) mass is 293 g/mol. The lowest BCUT2D eigenvalue weighted by atomic mass is 10.2. The fourth-order valence-electron chi connectivity index (χ4n) is 1.32. The third-order valence-electron chi connectivity index (χ3n) is 2.11. The van der Waals surface area contributed by atoms with Gasteiger partial charge in [0, 0.05) is 18.1 Å². The second kappa shape index (κ2) is 4.56. The van der Waals surface area contributed by atoms with Crippen molar-refractivity contribution in [3.05, 3.63) is 16.7 Å². The summed E-state index contributed by atoms with van der Waals surface area (Å²) >= 11 is 7.20. The fourth-order valence-corrected chi connectivity index (χ4v) is 3.98. The van der Waals surface area contributed by atoms with Crippen LogP contribution in [-0.2, 0) is 10.0 Å². The van der Waals surface area contributed by atoms with Crippen molar-refractivity contribution in [3.8, 4) is 0 Å². The third kappa shape index (κ3) is 2.47. The van der Waals surface area contributed by atoms with Gasteiger partial charge in [-0.1, -0.05) is 25.4 Å². The average Bonchev–Trinajstić information content (AvgIpc) is 2.73. The molecule has 0 saturated heterocycles. The van der Waals surface area contributed by atoms with E-state index < -0.39 is 10.0 Å². The number of thiazole rings is 1. The number of imidazole rings is 1. The molecule has 0 amide bonds. The molecule has 5 nitrogen and oxygen atoms in total. The van der Waals surface area contributed by atoms with Crippen molar-refractivity contribution >= 4 is 37.9 Å². The number of hydrogen-bond donors (Lipinski definition) is 1. The van der Waals surface area contributed by atoms with Crippen molar-refractivity contribution in [2.24, 2.45) is 5.92 Å². The molecule has 0 bridgehead atoms. The van der Waals surface area contributed by atoms with Crippen molar-refractivity contribution in [3.63, 3.8) is 0 Å². The molecule has 8 heteroatoms. The normalized spacial score (nSPS) is 12.7. The Kier molecular flexibility index (Phi) is 3.44. The largest absolute Gasteiger partial charge is 0.279 e. The van der Waals surface area contributed by atoms with Gasteiger partial charge in [-0.15, -0.1) is 11.3 Å². The van der Waals surface area contributed by atoms with E-state index in [2.05, 4.69) is 9.71 Å². The maximum Gasteiger partial charge on any atom is 0.259 e. The summed E-state index contributed by atoms with van der Waals surface area (Å²) in [5, 5.41) is 1.78. The van der Waals surface area contributed by atoms with Gasteiger partial charge >= 0.3 is 0 Å². The lowest BCUT2D eigenvalue weighted by Gasteiger charge is -2.07. The first-order valence-corrected chi connectivity index (χ1v) is 7.76. The smallest absolute Gasteiger partial charge is 0.259 e. The van der Waals surface area contributed by atoms with Gasteiger partial charge in [0.15, 0.2) is 15.1 Å². The number of rotatable bonds is 4. The Balaban J connectivity index is 2.44. The Morgan fingerprint density at radius 1 is 1.59 bits per heavy atom.